The van der Waals surface area contributed by atoms with E-state index in [-0.39, 0.29) is 12.5 Å². The molecule has 2 heterocycles. The number of amides is 2. The number of esters is 1. The van der Waals surface area contributed by atoms with Crippen LogP contribution < -0.4 is 5.32 Å². The van der Waals surface area contributed by atoms with E-state index in [4.69, 9.17) is 26.2 Å². The van der Waals surface area contributed by atoms with E-state index in [1.54, 1.807) is 39.0 Å². The summed E-state index contributed by atoms with van der Waals surface area (Å²) in [6.07, 6.45) is -0.664. The first-order valence-corrected chi connectivity index (χ1v) is 19.7. The summed E-state index contributed by atoms with van der Waals surface area (Å²) in [5, 5.41) is 19.3. The molecule has 6 aromatic rings. The first-order valence-electron chi connectivity index (χ1n) is 19.3. The molecule has 0 saturated carbocycles. The van der Waals surface area contributed by atoms with Crippen molar-refractivity contribution in [3.63, 3.8) is 0 Å². The van der Waals surface area contributed by atoms with Crippen LogP contribution in [0, 0.1) is 22.7 Å². The number of ether oxygens (including phenoxy) is 2. The number of carbonyl (C=O) groups is 3. The van der Waals surface area contributed by atoms with E-state index in [0.717, 1.165) is 27.8 Å². The number of fused-ring (bicyclic) bond motifs is 1. The molecule has 58 heavy (non-hydrogen) atoms. The van der Waals surface area contributed by atoms with Gasteiger partial charge in [-0.25, -0.2) is 9.48 Å². The zero-order valence-corrected chi connectivity index (χ0v) is 33.6. The predicted octanol–water partition coefficient (Wildman–Crippen LogP) is 9.79. The number of hydrogen-bond acceptors (Lipinski definition) is 7. The summed E-state index contributed by atoms with van der Waals surface area (Å²) in [6.45, 7) is 7.15. The van der Waals surface area contributed by atoms with Gasteiger partial charge in [-0.2, -0.15) is 10.4 Å². The molecule has 5 aromatic carbocycles. The van der Waals surface area contributed by atoms with E-state index in [9.17, 15) is 19.6 Å². The molecule has 1 aromatic heterocycles. The minimum atomic E-state index is -1.10. The van der Waals surface area contributed by atoms with Gasteiger partial charge in [-0.05, 0) is 86.2 Å². The molecular weight excluding hydrogens is 750 g/mol. The van der Waals surface area contributed by atoms with E-state index in [1.807, 2.05) is 77.5 Å². The van der Waals surface area contributed by atoms with Gasteiger partial charge >= 0.3 is 12.1 Å². The molecule has 1 aliphatic rings. The van der Waals surface area contributed by atoms with E-state index < -0.39 is 35.2 Å². The fraction of sp³-hybridized carbons (Fsp3) is 0.255. The summed E-state index contributed by atoms with van der Waals surface area (Å²) in [4.78, 5) is 41.4. The lowest BCUT2D eigenvalue weighted by Gasteiger charge is -2.37. The maximum atomic E-state index is 14.4. The van der Waals surface area contributed by atoms with Crippen LogP contribution in [-0.2, 0) is 24.6 Å². The van der Waals surface area contributed by atoms with Crippen LogP contribution >= 0.6 is 11.6 Å². The molecule has 2 amide bonds. The summed E-state index contributed by atoms with van der Waals surface area (Å²) in [6, 6.07) is 43.6. The summed E-state index contributed by atoms with van der Waals surface area (Å²) < 4.78 is 12.8. The molecule has 1 unspecified atom stereocenters. The normalized spacial score (nSPS) is 15.0. The Balaban J connectivity index is 1.33. The van der Waals surface area contributed by atoms with Crippen molar-refractivity contribution in [3.8, 4) is 17.2 Å². The number of nitrogens with zero attached hydrogens (tertiary/aromatic N) is 4. The van der Waals surface area contributed by atoms with E-state index >= 15 is 0 Å². The van der Waals surface area contributed by atoms with Crippen molar-refractivity contribution >= 4 is 46.3 Å². The Kier molecular flexibility index (Phi) is 11.4. The van der Waals surface area contributed by atoms with Gasteiger partial charge < -0.3 is 19.7 Å². The largest absolute Gasteiger partial charge is 0.425 e. The lowest BCUT2D eigenvalue weighted by atomic mass is 9.77. The first-order chi connectivity index (χ1) is 27.9. The van der Waals surface area contributed by atoms with Crippen molar-refractivity contribution in [2.45, 2.75) is 52.4 Å². The smallest absolute Gasteiger partial charge is 0.412 e. The second-order valence-corrected chi connectivity index (χ2v) is 15.9. The van der Waals surface area contributed by atoms with Crippen molar-refractivity contribution in [1.82, 2.24) is 14.7 Å². The molecule has 10 nitrogen and oxygen atoms in total. The minimum Gasteiger partial charge on any atom is -0.425 e. The third kappa shape index (κ3) is 7.91. The fourth-order valence-electron chi connectivity index (χ4n) is 7.50. The van der Waals surface area contributed by atoms with Gasteiger partial charge in [0, 0.05) is 36.0 Å². The zero-order valence-electron chi connectivity index (χ0n) is 32.8. The number of halogens is 1. The van der Waals surface area contributed by atoms with Gasteiger partial charge in [0.2, 0.25) is 12.2 Å². The highest BCUT2D eigenvalue weighted by Crippen LogP contribution is 2.44. The van der Waals surface area contributed by atoms with Gasteiger partial charge in [0.25, 0.3) is 0 Å². The van der Waals surface area contributed by atoms with Crippen molar-refractivity contribution < 1.29 is 23.9 Å². The summed E-state index contributed by atoms with van der Waals surface area (Å²) in [5.41, 5.74) is 3.69. The highest BCUT2D eigenvalue weighted by molar-refractivity contribution is 6.33. The van der Waals surface area contributed by atoms with E-state index in [2.05, 4.69) is 47.8 Å². The van der Waals surface area contributed by atoms with Gasteiger partial charge in [0.05, 0.1) is 28.5 Å². The Labute approximate surface area is 342 Å². The number of rotatable bonds is 9. The highest BCUT2D eigenvalue weighted by atomic mass is 35.5. The lowest BCUT2D eigenvalue weighted by molar-refractivity contribution is -0.175. The molecule has 1 N–H and O–H groups in total. The summed E-state index contributed by atoms with van der Waals surface area (Å²) in [7, 11) is 0. The topological polar surface area (TPSA) is 127 Å². The molecule has 0 bridgehead atoms. The average molecular weight is 794 g/mol. The van der Waals surface area contributed by atoms with Crippen LogP contribution in [-0.4, -0.2) is 52.0 Å². The predicted molar refractivity (Wildman–Crippen MR) is 224 cm³/mol. The fourth-order valence-corrected chi connectivity index (χ4v) is 7.73. The van der Waals surface area contributed by atoms with E-state index in [0.29, 0.717) is 46.7 Å². The van der Waals surface area contributed by atoms with Gasteiger partial charge in [0.15, 0.2) is 5.82 Å². The molecule has 294 valence electrons. The van der Waals surface area contributed by atoms with Gasteiger partial charge in [-0.1, -0.05) is 109 Å². The molecule has 0 radical (unpaired) electrons. The van der Waals surface area contributed by atoms with Crippen LogP contribution in [0.4, 0.5) is 10.6 Å². The first kappa shape index (κ1) is 39.8. The molecule has 0 aliphatic carbocycles. The Hall–Kier alpha value is -6.44. The molecule has 2 atom stereocenters. The maximum Gasteiger partial charge on any atom is 0.412 e. The number of nitrogens with one attached hydrogen (secondary N) is 1. The van der Waals surface area contributed by atoms with Gasteiger partial charge in [-0.15, -0.1) is 0 Å². The standard InChI is InChI=1S/C47H44ClN5O5/c1-31(57-44(55)46(2,3)4)58-45(56)52-26-14-15-34(30-52)43(54)50-42-39-28-33(38-27-32(29-49)22-24-40(38)48)23-25-41(39)53(51-42)47(35-16-8-5-9-17-35,36-18-10-6-11-19-36)37-20-12-7-13-21-37/h5-13,16-25,27-28,31,34H,14-15,26,30H2,1-4H3,(H,50,51,54)/t31?,34-/m1/s1. The molecule has 1 aliphatic heterocycles. The lowest BCUT2D eigenvalue weighted by Crippen LogP contribution is -2.45. The number of benzene rings is 5. The molecule has 11 heteroatoms. The minimum absolute atomic E-state index is 0.104. The van der Waals surface area contributed by atoms with Crippen molar-refractivity contribution in [3.05, 3.63) is 155 Å². The average Bonchev–Trinajstić information content (AvgIpc) is 3.59. The van der Waals surface area contributed by atoms with Crippen LogP contribution in [0.15, 0.2) is 127 Å². The number of aromatic nitrogens is 2. The Morgan fingerprint density at radius 2 is 1.45 bits per heavy atom. The van der Waals surface area contributed by atoms with Crippen LogP contribution in [0.1, 0.15) is 62.8 Å². The molecule has 0 spiro atoms. The van der Waals surface area contributed by atoms with Crippen LogP contribution in [0.5, 0.6) is 0 Å². The quantitative estimate of drug-likeness (QED) is 0.0878. The van der Waals surface area contributed by atoms with Crippen LogP contribution in [0.25, 0.3) is 22.0 Å². The Morgan fingerprint density at radius 1 is 0.845 bits per heavy atom. The molecular formula is C47H44ClN5O5. The third-order valence-electron chi connectivity index (χ3n) is 10.4. The second-order valence-electron chi connectivity index (χ2n) is 15.5. The monoisotopic (exact) mass is 793 g/mol. The Bertz CT molecular complexity index is 2400. The number of carbonyl (C=O) groups excluding carboxylic acids is 3. The second kappa shape index (κ2) is 16.6. The van der Waals surface area contributed by atoms with Crippen molar-refractivity contribution in [2.24, 2.45) is 11.3 Å². The summed E-state index contributed by atoms with van der Waals surface area (Å²) in [5.74, 6) is -1.06. The number of piperidine rings is 1. The van der Waals surface area contributed by atoms with Crippen molar-refractivity contribution in [2.75, 3.05) is 18.4 Å². The van der Waals surface area contributed by atoms with E-state index in [1.165, 1.54) is 11.8 Å². The third-order valence-corrected chi connectivity index (χ3v) is 10.8. The molecule has 1 fully saturated rings. The Morgan fingerprint density at radius 3 is 2.02 bits per heavy atom. The molecule has 1 saturated heterocycles. The summed E-state index contributed by atoms with van der Waals surface area (Å²) >= 11 is 6.73. The number of anilines is 1. The van der Waals surface area contributed by atoms with Crippen LogP contribution in [0.3, 0.4) is 0 Å². The van der Waals surface area contributed by atoms with Crippen LogP contribution in [0.2, 0.25) is 5.02 Å². The van der Waals surface area contributed by atoms with Gasteiger partial charge in [0.1, 0.15) is 5.54 Å². The number of nitriles is 1. The number of hydrogen-bond donors (Lipinski definition) is 1. The zero-order chi connectivity index (χ0) is 41.0. The van der Waals surface area contributed by atoms with Gasteiger partial charge in [-0.3, -0.25) is 9.59 Å². The SMILES string of the molecule is CC(OC(=O)N1CCC[C@@H](C(=O)Nc2nn(C(c3ccccc3)(c3ccccc3)c3ccccc3)c3ccc(-c4cc(C#N)ccc4Cl)cc23)C1)OC(=O)C(C)(C)C. The maximum absolute atomic E-state index is 14.4. The molecule has 7 rings (SSSR count). The number of likely N-dealkylation sites (tertiary alicyclic amines) is 1. The van der Waals surface area contributed by atoms with Crippen molar-refractivity contribution in [1.29, 1.82) is 5.26 Å². The highest BCUT2D eigenvalue weighted by Gasteiger charge is 2.41.